The fraction of sp³-hybridized carbons (Fsp3) is 0.419. The molecule has 39 heavy (non-hydrogen) atoms. The van der Waals surface area contributed by atoms with Crippen LogP contribution in [0.4, 0.5) is 4.39 Å². The Morgan fingerprint density at radius 2 is 1.90 bits per heavy atom. The first-order chi connectivity index (χ1) is 18.7. The molecule has 0 N–H and O–H groups in total. The molecule has 8 heteroatoms. The van der Waals surface area contributed by atoms with E-state index < -0.39 is 8.07 Å². The van der Waals surface area contributed by atoms with Gasteiger partial charge in [0.2, 0.25) is 0 Å². The number of fused-ring (bicyclic) bond motifs is 1. The molecule has 1 aliphatic heterocycles. The van der Waals surface area contributed by atoms with Gasteiger partial charge < -0.3 is 14.2 Å². The SMILES string of the molecule is Cc1nc(C(=O)N2CCCCC2Cc2cc3ccccc3n2COCC[Si](C)(C)C)c(-c2ccc(F)cc2)s1. The molecule has 3 heterocycles. The van der Waals surface area contributed by atoms with Gasteiger partial charge in [-0.15, -0.1) is 11.3 Å². The number of benzene rings is 2. The summed E-state index contributed by atoms with van der Waals surface area (Å²) in [7, 11) is -1.17. The fourth-order valence-electron chi connectivity index (χ4n) is 5.35. The van der Waals surface area contributed by atoms with Gasteiger partial charge in [0.05, 0.1) is 15.4 Å². The van der Waals surface area contributed by atoms with Gasteiger partial charge in [0.25, 0.3) is 5.91 Å². The summed E-state index contributed by atoms with van der Waals surface area (Å²) < 4.78 is 22.1. The van der Waals surface area contributed by atoms with E-state index in [0.29, 0.717) is 12.4 Å². The Bertz CT molecular complexity index is 1440. The topological polar surface area (TPSA) is 47.4 Å². The van der Waals surface area contributed by atoms with E-state index in [4.69, 9.17) is 4.74 Å². The summed E-state index contributed by atoms with van der Waals surface area (Å²) in [6.45, 7) is 11.0. The highest BCUT2D eigenvalue weighted by atomic mass is 32.1. The molecule has 1 aliphatic rings. The van der Waals surface area contributed by atoms with Crippen LogP contribution in [0.15, 0.2) is 54.6 Å². The third kappa shape index (κ3) is 6.50. The van der Waals surface area contributed by atoms with Crippen molar-refractivity contribution in [1.29, 1.82) is 0 Å². The lowest BCUT2D eigenvalue weighted by Crippen LogP contribution is -2.45. The monoisotopic (exact) mass is 563 g/mol. The standard InChI is InChI=1S/C31H38FN3O2SSi/c1-22-33-29(30(38-22)23-12-14-25(32)15-13-23)31(36)34-16-8-7-10-26(34)20-27-19-24-9-5-6-11-28(24)35(27)21-37-17-18-39(2,3)4/h5-6,9,11-15,19,26H,7-8,10,16-18,20-21H2,1-4H3. The number of halogens is 1. The lowest BCUT2D eigenvalue weighted by molar-refractivity contribution is 0.0598. The molecule has 0 saturated carbocycles. The van der Waals surface area contributed by atoms with Gasteiger partial charge >= 0.3 is 0 Å². The Labute approximate surface area is 235 Å². The quantitative estimate of drug-likeness (QED) is 0.154. The van der Waals surface area contributed by atoms with Crippen molar-refractivity contribution in [1.82, 2.24) is 14.5 Å². The number of para-hydroxylation sites is 1. The van der Waals surface area contributed by atoms with Crippen molar-refractivity contribution in [3.8, 4) is 10.4 Å². The van der Waals surface area contributed by atoms with Crippen molar-refractivity contribution in [2.45, 2.75) is 71.1 Å². The van der Waals surface area contributed by atoms with E-state index in [0.717, 1.165) is 60.3 Å². The molecule has 206 valence electrons. The van der Waals surface area contributed by atoms with Crippen LogP contribution in [0.25, 0.3) is 21.3 Å². The average Bonchev–Trinajstić information content (AvgIpc) is 3.46. The summed E-state index contributed by atoms with van der Waals surface area (Å²) in [5.41, 5.74) is 3.67. The van der Waals surface area contributed by atoms with Gasteiger partial charge in [-0.2, -0.15) is 0 Å². The van der Waals surface area contributed by atoms with Crippen LogP contribution in [-0.2, 0) is 17.9 Å². The van der Waals surface area contributed by atoms with Crippen molar-refractivity contribution >= 4 is 36.2 Å². The number of nitrogens with zero attached hydrogens (tertiary/aromatic N) is 3. The summed E-state index contributed by atoms with van der Waals surface area (Å²) in [6.07, 6.45) is 3.81. The Morgan fingerprint density at radius 1 is 1.13 bits per heavy atom. The Hall–Kier alpha value is -2.81. The molecule has 1 saturated heterocycles. The average molecular weight is 564 g/mol. The molecular formula is C31H38FN3O2SSi. The van der Waals surface area contributed by atoms with Gasteiger partial charge in [-0.05, 0) is 67.4 Å². The minimum absolute atomic E-state index is 0.0302. The number of carbonyl (C=O) groups excluding carboxylic acids is 1. The number of aryl methyl sites for hydroxylation is 1. The molecule has 2 aromatic heterocycles. The molecule has 2 aromatic carbocycles. The second kappa shape index (κ2) is 11.7. The largest absolute Gasteiger partial charge is 0.361 e. The maximum atomic E-state index is 14.0. The highest BCUT2D eigenvalue weighted by Crippen LogP contribution is 2.33. The van der Waals surface area contributed by atoms with E-state index in [1.807, 2.05) is 11.8 Å². The number of carbonyl (C=O) groups is 1. The molecule has 5 rings (SSSR count). The second-order valence-electron chi connectivity index (χ2n) is 11.7. The van der Waals surface area contributed by atoms with E-state index in [2.05, 4.69) is 59.5 Å². The number of hydrogen-bond acceptors (Lipinski definition) is 4. The molecular weight excluding hydrogens is 526 g/mol. The number of thiazole rings is 1. The highest BCUT2D eigenvalue weighted by molar-refractivity contribution is 7.15. The molecule has 1 amide bonds. The van der Waals surface area contributed by atoms with Crippen LogP contribution in [0.1, 0.15) is 40.5 Å². The van der Waals surface area contributed by atoms with Crippen LogP contribution in [0.5, 0.6) is 0 Å². The second-order valence-corrected chi connectivity index (χ2v) is 18.6. The van der Waals surface area contributed by atoms with Crippen LogP contribution in [-0.4, -0.2) is 47.6 Å². The first-order valence-corrected chi connectivity index (χ1v) is 18.4. The van der Waals surface area contributed by atoms with Crippen LogP contribution in [0.2, 0.25) is 25.7 Å². The van der Waals surface area contributed by atoms with E-state index in [9.17, 15) is 9.18 Å². The predicted molar refractivity (Wildman–Crippen MR) is 161 cm³/mol. The van der Waals surface area contributed by atoms with Gasteiger partial charge in [0.15, 0.2) is 0 Å². The zero-order valence-corrected chi connectivity index (χ0v) is 25.2. The Morgan fingerprint density at radius 3 is 2.67 bits per heavy atom. The number of rotatable bonds is 9. The molecule has 4 aromatic rings. The number of hydrogen-bond donors (Lipinski definition) is 0. The van der Waals surface area contributed by atoms with Crippen LogP contribution >= 0.6 is 11.3 Å². The molecule has 1 atom stereocenters. The maximum Gasteiger partial charge on any atom is 0.274 e. The zero-order valence-electron chi connectivity index (χ0n) is 23.4. The lowest BCUT2D eigenvalue weighted by atomic mass is 9.97. The summed E-state index contributed by atoms with van der Waals surface area (Å²) in [5.74, 6) is -0.318. The highest BCUT2D eigenvalue weighted by Gasteiger charge is 2.32. The number of ether oxygens (including phenoxy) is 1. The first-order valence-electron chi connectivity index (χ1n) is 13.9. The van der Waals surface area contributed by atoms with Gasteiger partial charge in [-0.3, -0.25) is 4.79 Å². The third-order valence-corrected chi connectivity index (χ3v) is 10.2. The summed E-state index contributed by atoms with van der Waals surface area (Å²) in [6, 6.07) is 18.2. The van der Waals surface area contributed by atoms with E-state index in [-0.39, 0.29) is 17.8 Å². The molecule has 1 fully saturated rings. The Kier molecular flexibility index (Phi) is 8.35. The van der Waals surface area contributed by atoms with Crippen LogP contribution in [0, 0.1) is 12.7 Å². The number of piperidine rings is 1. The van der Waals surface area contributed by atoms with Crippen molar-refractivity contribution in [2.75, 3.05) is 13.2 Å². The molecule has 0 aliphatic carbocycles. The van der Waals surface area contributed by atoms with E-state index in [1.54, 1.807) is 12.1 Å². The van der Waals surface area contributed by atoms with Crippen LogP contribution in [0.3, 0.4) is 0 Å². The van der Waals surface area contributed by atoms with Gasteiger partial charge in [-0.1, -0.05) is 50.0 Å². The fourth-order valence-corrected chi connectivity index (χ4v) is 7.02. The minimum atomic E-state index is -1.17. The van der Waals surface area contributed by atoms with Crippen LogP contribution < -0.4 is 0 Å². The van der Waals surface area contributed by atoms with E-state index >= 15 is 0 Å². The summed E-state index contributed by atoms with van der Waals surface area (Å²) >= 11 is 1.49. The number of likely N-dealkylation sites (tertiary alicyclic amines) is 1. The van der Waals surface area contributed by atoms with E-state index in [1.165, 1.54) is 40.1 Å². The smallest absolute Gasteiger partial charge is 0.274 e. The van der Waals surface area contributed by atoms with Crippen molar-refractivity contribution in [3.63, 3.8) is 0 Å². The van der Waals surface area contributed by atoms with Crippen molar-refractivity contribution < 1.29 is 13.9 Å². The third-order valence-electron chi connectivity index (χ3n) is 7.49. The van der Waals surface area contributed by atoms with Crippen molar-refractivity contribution in [3.05, 3.63) is 76.8 Å². The molecule has 5 nitrogen and oxygen atoms in total. The van der Waals surface area contributed by atoms with Gasteiger partial charge in [0.1, 0.15) is 18.2 Å². The normalized spacial score (nSPS) is 16.2. The molecule has 0 radical (unpaired) electrons. The summed E-state index contributed by atoms with van der Waals surface area (Å²) in [5, 5.41) is 2.03. The zero-order chi connectivity index (χ0) is 27.6. The number of amides is 1. The molecule has 0 bridgehead atoms. The number of aromatic nitrogens is 2. The predicted octanol–water partition coefficient (Wildman–Crippen LogP) is 7.76. The lowest BCUT2D eigenvalue weighted by Gasteiger charge is -2.36. The first kappa shape index (κ1) is 27.7. The van der Waals surface area contributed by atoms with Crippen molar-refractivity contribution in [2.24, 2.45) is 0 Å². The maximum absolute atomic E-state index is 14.0. The summed E-state index contributed by atoms with van der Waals surface area (Å²) in [4.78, 5) is 21.5. The molecule has 1 unspecified atom stereocenters. The van der Waals surface area contributed by atoms with Gasteiger partial charge in [0, 0.05) is 39.4 Å². The van der Waals surface area contributed by atoms with Gasteiger partial charge in [-0.25, -0.2) is 9.37 Å². The Balaban J connectivity index is 1.40. The molecule has 0 spiro atoms. The minimum Gasteiger partial charge on any atom is -0.361 e.